The van der Waals surface area contributed by atoms with Crippen LogP contribution < -0.4 is 4.74 Å². The third kappa shape index (κ3) is 8.64. The first-order valence-electron chi connectivity index (χ1n) is 8.93. The molecule has 0 atom stereocenters. The Morgan fingerprint density at radius 1 is 1.03 bits per heavy atom. The highest BCUT2D eigenvalue weighted by Gasteiger charge is 2.24. The van der Waals surface area contributed by atoms with Crippen molar-refractivity contribution in [3.63, 3.8) is 0 Å². The molecule has 6 nitrogen and oxygen atoms in total. The minimum atomic E-state index is -2.16. The first-order chi connectivity index (χ1) is 13.5. The largest absolute Gasteiger partial charge is 0.443 e. The summed E-state index contributed by atoms with van der Waals surface area (Å²) in [5, 5.41) is -0.389. The molecule has 1 rings (SSSR count). The number of nitrogens with zero attached hydrogens (tertiary/aromatic N) is 1. The van der Waals surface area contributed by atoms with Gasteiger partial charge in [0.25, 0.3) is 6.48 Å². The van der Waals surface area contributed by atoms with Gasteiger partial charge in [0.2, 0.25) is 11.6 Å². The minimum absolute atomic E-state index is 0.115. The molecule has 1 amide bonds. The molecule has 0 radical (unpaired) electrons. The summed E-state index contributed by atoms with van der Waals surface area (Å²) in [6.07, 6.45) is -1.75. The summed E-state index contributed by atoms with van der Waals surface area (Å²) in [6, 6.07) is 0.561. The smallest absolute Gasteiger partial charge is 0.405 e. The van der Waals surface area contributed by atoms with Crippen LogP contribution in [-0.2, 0) is 13.9 Å². The van der Waals surface area contributed by atoms with Gasteiger partial charge < -0.3 is 18.6 Å². The predicted octanol–water partition coefficient (Wildman–Crippen LogP) is 3.97. The van der Waals surface area contributed by atoms with E-state index in [1.807, 2.05) is 27.7 Å². The zero-order valence-corrected chi connectivity index (χ0v) is 17.9. The molecule has 0 aliphatic rings. The van der Waals surface area contributed by atoms with Crippen LogP contribution in [0.4, 0.5) is 26.8 Å². The van der Waals surface area contributed by atoms with Crippen molar-refractivity contribution in [2.75, 3.05) is 6.54 Å². The highest BCUT2D eigenvalue weighted by molar-refractivity contribution is 6.27. The molecule has 0 N–H and O–H groups in total. The zero-order chi connectivity index (χ0) is 22.1. The SMILES string of the molecule is CC(C)OC(O[SiH2]CCCN(F)C(=O)Oc1cc(F)c(F)c(F)c1F)OC(C)C. The van der Waals surface area contributed by atoms with E-state index in [1.54, 1.807) is 0 Å². The van der Waals surface area contributed by atoms with Crippen molar-refractivity contribution in [1.29, 1.82) is 0 Å². The third-order valence-electron chi connectivity index (χ3n) is 3.23. The molecule has 0 saturated carbocycles. The number of benzene rings is 1. The molecule has 0 saturated heterocycles. The van der Waals surface area contributed by atoms with Crippen LogP contribution in [0.3, 0.4) is 0 Å². The lowest BCUT2D eigenvalue weighted by Gasteiger charge is -2.23. The number of rotatable bonds is 11. The van der Waals surface area contributed by atoms with Crippen molar-refractivity contribution < 1.29 is 45.5 Å². The summed E-state index contributed by atoms with van der Waals surface area (Å²) in [4.78, 5) is 11.6. The average Bonchev–Trinajstić information content (AvgIpc) is 2.62. The number of carbonyl (C=O) groups is 1. The van der Waals surface area contributed by atoms with E-state index in [0.29, 0.717) is 6.04 Å². The van der Waals surface area contributed by atoms with E-state index in [1.165, 1.54) is 0 Å². The summed E-state index contributed by atoms with van der Waals surface area (Å²) < 4.78 is 86.8. The van der Waals surface area contributed by atoms with Gasteiger partial charge in [0, 0.05) is 6.07 Å². The van der Waals surface area contributed by atoms with E-state index in [0.717, 1.165) is 0 Å². The molecular weight excluding hydrogens is 421 g/mol. The second-order valence-corrected chi connectivity index (χ2v) is 7.94. The maximum absolute atomic E-state index is 13.7. The average molecular weight is 445 g/mol. The molecule has 29 heavy (non-hydrogen) atoms. The number of hydrogen-bond donors (Lipinski definition) is 0. The maximum Gasteiger partial charge on any atom is 0.443 e. The van der Waals surface area contributed by atoms with Gasteiger partial charge in [0.1, 0.15) is 0 Å². The van der Waals surface area contributed by atoms with Crippen LogP contribution in [0.15, 0.2) is 6.07 Å². The summed E-state index contributed by atoms with van der Waals surface area (Å²) >= 11 is 0. The van der Waals surface area contributed by atoms with Gasteiger partial charge in [-0.1, -0.05) is 4.48 Å². The molecule has 1 aromatic carbocycles. The number of ether oxygens (including phenoxy) is 3. The van der Waals surface area contributed by atoms with Gasteiger partial charge in [-0.2, -0.15) is 4.39 Å². The van der Waals surface area contributed by atoms with E-state index < -0.39 is 57.9 Å². The molecule has 0 aliphatic heterocycles. The maximum atomic E-state index is 13.7. The van der Waals surface area contributed by atoms with E-state index >= 15 is 0 Å². The zero-order valence-electron chi connectivity index (χ0n) is 16.5. The van der Waals surface area contributed by atoms with Crippen LogP contribution in [0.5, 0.6) is 5.75 Å². The van der Waals surface area contributed by atoms with Gasteiger partial charge >= 0.3 is 6.09 Å². The number of amides is 1. The van der Waals surface area contributed by atoms with Crippen LogP contribution >= 0.6 is 0 Å². The Hall–Kier alpha value is -1.76. The first-order valence-corrected chi connectivity index (χ1v) is 10.5. The van der Waals surface area contributed by atoms with Crippen molar-refractivity contribution in [2.45, 2.75) is 58.8 Å². The highest BCUT2D eigenvalue weighted by atomic mass is 28.2. The summed E-state index contributed by atoms with van der Waals surface area (Å²) in [7, 11) is -1.16. The molecule has 0 aliphatic carbocycles. The lowest BCUT2D eigenvalue weighted by atomic mass is 10.3. The highest BCUT2D eigenvalue weighted by Crippen LogP contribution is 2.25. The fourth-order valence-electron chi connectivity index (χ4n) is 1.95. The van der Waals surface area contributed by atoms with Gasteiger partial charge in [-0.15, -0.1) is 5.12 Å². The molecule has 1 aromatic rings. The summed E-state index contributed by atoms with van der Waals surface area (Å²) in [5.41, 5.74) is 0. The van der Waals surface area contributed by atoms with Crippen LogP contribution in [0.2, 0.25) is 6.04 Å². The normalized spacial score (nSPS) is 12.0. The number of halogens is 5. The third-order valence-corrected chi connectivity index (χ3v) is 4.53. The minimum Gasteiger partial charge on any atom is -0.405 e. The van der Waals surface area contributed by atoms with Gasteiger partial charge in [0.15, 0.2) is 27.1 Å². The summed E-state index contributed by atoms with van der Waals surface area (Å²) in [6.45, 7) is 6.00. The number of hydrogen-bond acceptors (Lipinski definition) is 5. The molecule has 0 fully saturated rings. The fraction of sp³-hybridized carbons (Fsp3) is 0.588. The summed E-state index contributed by atoms with van der Waals surface area (Å²) in [5.74, 6) is -9.20. The topological polar surface area (TPSA) is 57.2 Å². The first kappa shape index (κ1) is 25.3. The Balaban J connectivity index is 2.43. The van der Waals surface area contributed by atoms with Crippen molar-refractivity contribution in [3.8, 4) is 5.75 Å². The molecule has 12 heteroatoms. The van der Waals surface area contributed by atoms with Crippen molar-refractivity contribution >= 4 is 15.9 Å². The molecular formula is C17H24F5NO5Si. The molecule has 0 spiro atoms. The second kappa shape index (κ2) is 12.1. The Labute approximate surface area is 167 Å². The van der Waals surface area contributed by atoms with Crippen molar-refractivity contribution in [3.05, 3.63) is 29.3 Å². The monoisotopic (exact) mass is 445 g/mol. The van der Waals surface area contributed by atoms with Gasteiger partial charge in [-0.25, -0.2) is 18.0 Å². The fourth-order valence-corrected chi connectivity index (χ4v) is 2.89. The standard InChI is InChI=1S/C17H24F5NO5Si/c1-9(2)25-17(26-10(3)4)28-29-7-5-6-23(22)16(24)27-12-8-11(18)13(19)15(21)14(12)20/h8-10,17H,5-7,29H2,1-4H3. The predicted molar refractivity (Wildman–Crippen MR) is 95.4 cm³/mol. The molecule has 0 heterocycles. The van der Waals surface area contributed by atoms with E-state index in [-0.39, 0.29) is 29.8 Å². The molecule has 0 aromatic heterocycles. The lowest BCUT2D eigenvalue weighted by molar-refractivity contribution is -0.275. The second-order valence-electron chi connectivity index (χ2n) is 6.49. The van der Waals surface area contributed by atoms with E-state index in [4.69, 9.17) is 13.9 Å². The van der Waals surface area contributed by atoms with Gasteiger partial charge in [-0.05, 0) is 40.2 Å². The lowest BCUT2D eigenvalue weighted by Crippen LogP contribution is -2.29. The van der Waals surface area contributed by atoms with Crippen LogP contribution in [-0.4, -0.2) is 46.2 Å². The Morgan fingerprint density at radius 2 is 1.62 bits per heavy atom. The quantitative estimate of drug-likeness (QED) is 0.0981. The van der Waals surface area contributed by atoms with Gasteiger partial charge in [-0.3, -0.25) is 0 Å². The van der Waals surface area contributed by atoms with Gasteiger partial charge in [0.05, 0.1) is 18.8 Å². The van der Waals surface area contributed by atoms with Crippen molar-refractivity contribution in [1.82, 2.24) is 5.12 Å². The van der Waals surface area contributed by atoms with E-state index in [9.17, 15) is 26.8 Å². The Bertz CT molecular complexity index is 670. The van der Waals surface area contributed by atoms with Crippen LogP contribution in [0.1, 0.15) is 34.1 Å². The Kier molecular flexibility index (Phi) is 10.5. The number of carbonyl (C=O) groups excluding carboxylic acids is 1. The van der Waals surface area contributed by atoms with Crippen LogP contribution in [0, 0.1) is 23.3 Å². The van der Waals surface area contributed by atoms with Crippen LogP contribution in [0.25, 0.3) is 0 Å². The van der Waals surface area contributed by atoms with Crippen molar-refractivity contribution in [2.24, 2.45) is 0 Å². The molecule has 166 valence electrons. The Morgan fingerprint density at radius 3 is 2.17 bits per heavy atom. The van der Waals surface area contributed by atoms with E-state index in [2.05, 4.69) is 4.74 Å². The molecule has 0 bridgehead atoms. The molecule has 0 unspecified atom stereocenters.